The number of halogens is 3. The molecule has 1 aliphatic rings. The molecule has 1 fully saturated rings. The fraction of sp³-hybridized carbons (Fsp3) is 0.214. The van der Waals surface area contributed by atoms with Gasteiger partial charge in [-0.2, -0.15) is 13.2 Å². The average molecular weight is 492 g/mol. The molecule has 1 heterocycles. The smallest absolute Gasteiger partial charge is 0.416 e. The molecule has 3 aromatic carbocycles. The lowest BCUT2D eigenvalue weighted by Gasteiger charge is -2.21. The normalized spacial score (nSPS) is 14.3. The largest absolute Gasteiger partial charge is 0.462 e. The quantitative estimate of drug-likeness (QED) is 0.274. The Morgan fingerprint density at radius 1 is 1.03 bits per heavy atom. The molecule has 0 spiro atoms. The van der Waals surface area contributed by atoms with E-state index in [-0.39, 0.29) is 17.3 Å². The summed E-state index contributed by atoms with van der Waals surface area (Å²) in [6, 6.07) is 19.3. The Kier molecular flexibility index (Phi) is 6.04. The van der Waals surface area contributed by atoms with Crippen LogP contribution in [-0.2, 0) is 16.5 Å². The maximum Gasteiger partial charge on any atom is 0.416 e. The molecule has 5 nitrogen and oxygen atoms in total. The van der Waals surface area contributed by atoms with Crippen molar-refractivity contribution in [2.45, 2.75) is 31.5 Å². The zero-order valence-corrected chi connectivity index (χ0v) is 19.4. The maximum atomic E-state index is 13.2. The molecule has 0 bridgehead atoms. The highest BCUT2D eigenvalue weighted by Crippen LogP contribution is 2.49. The van der Waals surface area contributed by atoms with Crippen LogP contribution in [0.15, 0.2) is 79.0 Å². The van der Waals surface area contributed by atoms with Crippen molar-refractivity contribution in [3.05, 3.63) is 95.7 Å². The zero-order chi connectivity index (χ0) is 25.3. The summed E-state index contributed by atoms with van der Waals surface area (Å²) >= 11 is 0. The van der Waals surface area contributed by atoms with E-state index in [1.165, 1.54) is 12.1 Å². The average Bonchev–Trinajstić information content (AvgIpc) is 3.65. The lowest BCUT2D eigenvalue weighted by Crippen LogP contribution is -2.20. The van der Waals surface area contributed by atoms with Crippen LogP contribution in [0.25, 0.3) is 10.8 Å². The number of pyridine rings is 1. The number of fused-ring (bicyclic) bond motifs is 1. The summed E-state index contributed by atoms with van der Waals surface area (Å²) < 4.78 is 50.6. The first-order valence-corrected chi connectivity index (χ1v) is 11.6. The number of hydrogen-bond acceptors (Lipinski definition) is 5. The van der Waals surface area contributed by atoms with Crippen LogP contribution in [-0.4, -0.2) is 17.6 Å². The first-order valence-electron chi connectivity index (χ1n) is 11.6. The van der Waals surface area contributed by atoms with Crippen LogP contribution < -0.4 is 10.1 Å². The second-order valence-corrected chi connectivity index (χ2v) is 8.65. The molecule has 8 heteroatoms. The van der Waals surface area contributed by atoms with Crippen molar-refractivity contribution in [3.8, 4) is 11.5 Å². The molecule has 0 radical (unpaired) electrons. The third kappa shape index (κ3) is 4.71. The molecular weight excluding hydrogens is 469 g/mol. The van der Waals surface area contributed by atoms with E-state index in [0.717, 1.165) is 35.9 Å². The number of nitrogens with zero attached hydrogens (tertiary/aromatic N) is 1. The van der Waals surface area contributed by atoms with E-state index in [4.69, 9.17) is 9.47 Å². The summed E-state index contributed by atoms with van der Waals surface area (Å²) in [4.78, 5) is 16.5. The highest BCUT2D eigenvalue weighted by atomic mass is 19.4. The van der Waals surface area contributed by atoms with Crippen molar-refractivity contribution >= 4 is 22.6 Å². The standard InChI is InChI=1S/C28H23F3N2O3/c1-2-35-26(34)19-9-11-20(12-10-19)27(14-15-27)33-25-24-18(13-16-32-25)5-3-8-23(24)36-22-7-4-6-21(17-22)28(29,30)31/h3-13,16-17H,2,14-15H2,1H3,(H,32,33). The Balaban J connectivity index is 1.47. The van der Waals surface area contributed by atoms with Crippen LogP contribution in [0, 0.1) is 0 Å². The number of carbonyl (C=O) groups is 1. The fourth-order valence-electron chi connectivity index (χ4n) is 4.22. The molecule has 0 aliphatic heterocycles. The summed E-state index contributed by atoms with van der Waals surface area (Å²) in [6.45, 7) is 2.07. The van der Waals surface area contributed by atoms with Gasteiger partial charge < -0.3 is 14.8 Å². The topological polar surface area (TPSA) is 60.5 Å². The van der Waals surface area contributed by atoms with Crippen molar-refractivity contribution in [2.24, 2.45) is 0 Å². The van der Waals surface area contributed by atoms with Crippen LogP contribution in [0.2, 0.25) is 0 Å². The highest BCUT2D eigenvalue weighted by molar-refractivity contribution is 5.97. The summed E-state index contributed by atoms with van der Waals surface area (Å²) in [5.74, 6) is 0.690. The van der Waals surface area contributed by atoms with Gasteiger partial charge in [-0.1, -0.05) is 30.3 Å². The number of rotatable bonds is 7. The Morgan fingerprint density at radius 3 is 2.47 bits per heavy atom. The minimum atomic E-state index is -4.46. The molecule has 0 saturated heterocycles. The molecule has 0 amide bonds. The van der Waals surface area contributed by atoms with Gasteiger partial charge in [-0.3, -0.25) is 0 Å². The number of anilines is 1. The number of aromatic nitrogens is 1. The molecule has 4 aromatic rings. The van der Waals surface area contributed by atoms with Gasteiger partial charge >= 0.3 is 12.1 Å². The van der Waals surface area contributed by atoms with Crippen molar-refractivity contribution in [3.63, 3.8) is 0 Å². The van der Waals surface area contributed by atoms with Crippen LogP contribution in [0.5, 0.6) is 11.5 Å². The lowest BCUT2D eigenvalue weighted by molar-refractivity contribution is -0.137. The number of ether oxygens (including phenoxy) is 2. The Hall–Kier alpha value is -4.07. The van der Waals surface area contributed by atoms with Gasteiger partial charge in [-0.15, -0.1) is 0 Å². The molecule has 1 saturated carbocycles. The van der Waals surface area contributed by atoms with Gasteiger partial charge in [0, 0.05) is 6.20 Å². The highest BCUT2D eigenvalue weighted by Gasteiger charge is 2.45. The van der Waals surface area contributed by atoms with Crippen molar-refractivity contribution < 1.29 is 27.4 Å². The molecule has 0 unspecified atom stereocenters. The number of nitrogens with one attached hydrogen (secondary N) is 1. The second kappa shape index (κ2) is 9.18. The Labute approximate surface area is 205 Å². The fourth-order valence-corrected chi connectivity index (χ4v) is 4.22. The van der Waals surface area contributed by atoms with Gasteiger partial charge in [-0.05, 0) is 73.2 Å². The number of carbonyl (C=O) groups excluding carboxylic acids is 1. The third-order valence-electron chi connectivity index (χ3n) is 6.20. The van der Waals surface area contributed by atoms with E-state index >= 15 is 0 Å². The number of alkyl halides is 3. The zero-order valence-electron chi connectivity index (χ0n) is 19.4. The summed E-state index contributed by atoms with van der Waals surface area (Å²) in [6.07, 6.45) is -1.06. The van der Waals surface area contributed by atoms with Crippen LogP contribution in [0.3, 0.4) is 0 Å². The van der Waals surface area contributed by atoms with E-state index in [1.807, 2.05) is 24.3 Å². The molecule has 36 heavy (non-hydrogen) atoms. The molecular formula is C28H23F3N2O3. The van der Waals surface area contributed by atoms with Gasteiger partial charge in [0.1, 0.15) is 17.3 Å². The maximum absolute atomic E-state index is 13.2. The second-order valence-electron chi connectivity index (χ2n) is 8.65. The Bertz CT molecular complexity index is 1410. The van der Waals surface area contributed by atoms with Crippen LogP contribution in [0.4, 0.5) is 19.0 Å². The van der Waals surface area contributed by atoms with Crippen LogP contribution in [0.1, 0.15) is 41.3 Å². The lowest BCUT2D eigenvalue weighted by atomic mass is 10.0. The third-order valence-corrected chi connectivity index (χ3v) is 6.20. The predicted octanol–water partition coefficient (Wildman–Crippen LogP) is 7.32. The minimum Gasteiger partial charge on any atom is -0.462 e. The van der Waals surface area contributed by atoms with E-state index in [2.05, 4.69) is 10.3 Å². The Morgan fingerprint density at radius 2 is 1.78 bits per heavy atom. The van der Waals surface area contributed by atoms with Gasteiger partial charge in [0.2, 0.25) is 0 Å². The van der Waals surface area contributed by atoms with Gasteiger partial charge in [0.05, 0.1) is 28.7 Å². The molecule has 0 atom stereocenters. The summed E-state index contributed by atoms with van der Waals surface area (Å²) in [5.41, 5.74) is 0.347. The van der Waals surface area contributed by atoms with Gasteiger partial charge in [-0.25, -0.2) is 9.78 Å². The van der Waals surface area contributed by atoms with E-state index in [1.54, 1.807) is 37.4 Å². The number of benzene rings is 3. The van der Waals surface area contributed by atoms with Gasteiger partial charge in [0.25, 0.3) is 0 Å². The molecule has 1 N–H and O–H groups in total. The van der Waals surface area contributed by atoms with Gasteiger partial charge in [0.15, 0.2) is 0 Å². The monoisotopic (exact) mass is 492 g/mol. The molecule has 184 valence electrons. The van der Waals surface area contributed by atoms with E-state index < -0.39 is 11.7 Å². The van der Waals surface area contributed by atoms with Crippen molar-refractivity contribution in [1.82, 2.24) is 4.98 Å². The summed E-state index contributed by atoms with van der Waals surface area (Å²) in [7, 11) is 0. The number of esters is 1. The first-order chi connectivity index (χ1) is 17.3. The molecule has 1 aromatic heterocycles. The minimum absolute atomic E-state index is 0.0859. The van der Waals surface area contributed by atoms with E-state index in [0.29, 0.717) is 29.1 Å². The molecule has 1 aliphatic carbocycles. The van der Waals surface area contributed by atoms with Crippen LogP contribution >= 0.6 is 0 Å². The predicted molar refractivity (Wildman–Crippen MR) is 130 cm³/mol. The first kappa shape index (κ1) is 23.7. The van der Waals surface area contributed by atoms with E-state index in [9.17, 15) is 18.0 Å². The summed E-state index contributed by atoms with van der Waals surface area (Å²) in [5, 5.41) is 5.05. The SMILES string of the molecule is CCOC(=O)c1ccc(C2(Nc3nccc4cccc(Oc5cccc(C(F)(F)F)c5)c34)CC2)cc1. The van der Waals surface area contributed by atoms with Crippen molar-refractivity contribution in [2.75, 3.05) is 11.9 Å². The number of hydrogen-bond donors (Lipinski definition) is 1. The molecule has 5 rings (SSSR count). The van der Waals surface area contributed by atoms with Crippen molar-refractivity contribution in [1.29, 1.82) is 0 Å².